The first-order chi connectivity index (χ1) is 9.77. The molecule has 0 fully saturated rings. The molecule has 0 amide bonds. The Kier molecular flexibility index (Phi) is 6.02. The van der Waals surface area contributed by atoms with E-state index in [0.29, 0.717) is 12.5 Å². The fourth-order valence-corrected chi connectivity index (χ4v) is 2.17. The second kappa shape index (κ2) is 7.31. The van der Waals surface area contributed by atoms with Crippen molar-refractivity contribution in [1.29, 1.82) is 0 Å². The van der Waals surface area contributed by atoms with Crippen molar-refractivity contribution >= 4 is 11.5 Å². The summed E-state index contributed by atoms with van der Waals surface area (Å²) >= 11 is 0. The second-order valence-corrected chi connectivity index (χ2v) is 5.93. The molecule has 0 saturated carbocycles. The van der Waals surface area contributed by atoms with Crippen molar-refractivity contribution in [3.05, 3.63) is 20.8 Å². The number of nitrogens with one attached hydrogen (secondary N) is 2. The highest BCUT2D eigenvalue weighted by atomic mass is 16.2. The number of hydrogen-bond donors (Lipinski definition) is 3. The van der Waals surface area contributed by atoms with E-state index in [9.17, 15) is 9.59 Å². The Labute approximate surface area is 125 Å². The zero-order valence-corrected chi connectivity index (χ0v) is 13.6. The van der Waals surface area contributed by atoms with Crippen molar-refractivity contribution in [1.82, 2.24) is 14.5 Å². The number of nitrogens with two attached hydrogens (primary N) is 1. The van der Waals surface area contributed by atoms with Crippen molar-refractivity contribution in [2.45, 2.75) is 39.8 Å². The molecule has 1 heterocycles. The zero-order chi connectivity index (χ0) is 16.2. The number of likely N-dealkylation sites (N-methyl/N-ethyl adjacent to an activating group) is 1. The van der Waals surface area contributed by atoms with E-state index in [1.807, 2.05) is 25.9 Å². The van der Waals surface area contributed by atoms with Crippen LogP contribution in [-0.4, -0.2) is 41.1 Å². The average molecular weight is 297 g/mol. The summed E-state index contributed by atoms with van der Waals surface area (Å²) in [7, 11) is 3.95. The van der Waals surface area contributed by atoms with Crippen LogP contribution in [-0.2, 0) is 6.54 Å². The first kappa shape index (κ1) is 17.3. The molecule has 0 aliphatic rings. The lowest BCUT2D eigenvalue weighted by Crippen LogP contribution is -2.41. The van der Waals surface area contributed by atoms with E-state index < -0.39 is 11.2 Å². The van der Waals surface area contributed by atoms with Gasteiger partial charge in [-0.2, -0.15) is 0 Å². The standard InChI is InChI=1S/C14H27N5O2/c1-6-7-19-12(15)11(13(20)17-14(19)21)16-10(9(2)3)8-18(4)5/h9-10,16H,6-8,15H2,1-5H3,(H,17,20,21). The molecular formula is C14H27N5O2. The van der Waals surface area contributed by atoms with E-state index >= 15 is 0 Å². The minimum Gasteiger partial charge on any atom is -0.383 e. The van der Waals surface area contributed by atoms with Crippen molar-refractivity contribution in [2.24, 2.45) is 5.92 Å². The lowest BCUT2D eigenvalue weighted by Gasteiger charge is -2.27. The number of anilines is 2. The molecule has 1 rings (SSSR count). The van der Waals surface area contributed by atoms with Gasteiger partial charge in [0.15, 0.2) is 0 Å². The van der Waals surface area contributed by atoms with Gasteiger partial charge in [0.1, 0.15) is 11.5 Å². The quantitative estimate of drug-likeness (QED) is 0.682. The third kappa shape index (κ3) is 4.35. The maximum Gasteiger partial charge on any atom is 0.330 e. The Morgan fingerprint density at radius 2 is 1.95 bits per heavy atom. The molecule has 0 aliphatic heterocycles. The van der Waals surface area contributed by atoms with Crippen molar-refractivity contribution in [3.63, 3.8) is 0 Å². The fraction of sp³-hybridized carbons (Fsp3) is 0.714. The number of nitrogen functional groups attached to an aromatic ring is 1. The number of rotatable bonds is 7. The van der Waals surface area contributed by atoms with Gasteiger partial charge in [0, 0.05) is 19.1 Å². The number of aromatic amines is 1. The molecular weight excluding hydrogens is 270 g/mol. The van der Waals surface area contributed by atoms with Gasteiger partial charge in [-0.3, -0.25) is 14.3 Å². The lowest BCUT2D eigenvalue weighted by atomic mass is 10.0. The molecule has 0 radical (unpaired) electrons. The maximum atomic E-state index is 12.0. The molecule has 0 aromatic carbocycles. The van der Waals surface area contributed by atoms with Gasteiger partial charge < -0.3 is 16.0 Å². The number of nitrogens with zero attached hydrogens (tertiary/aromatic N) is 2. The predicted molar refractivity (Wildman–Crippen MR) is 86.8 cm³/mol. The summed E-state index contributed by atoms with van der Waals surface area (Å²) < 4.78 is 1.40. The molecule has 1 aromatic rings. The van der Waals surface area contributed by atoms with Gasteiger partial charge >= 0.3 is 5.69 Å². The predicted octanol–water partition coefficient (Wildman–Crippen LogP) is 0.527. The smallest absolute Gasteiger partial charge is 0.330 e. The van der Waals surface area contributed by atoms with E-state index in [4.69, 9.17) is 5.73 Å². The molecule has 4 N–H and O–H groups in total. The Bertz CT molecular complexity index is 574. The number of aromatic nitrogens is 2. The molecule has 0 aliphatic carbocycles. The molecule has 21 heavy (non-hydrogen) atoms. The van der Waals surface area contributed by atoms with Gasteiger partial charge in [0.05, 0.1) is 0 Å². The Balaban J connectivity index is 3.20. The van der Waals surface area contributed by atoms with Crippen LogP contribution in [0.5, 0.6) is 0 Å². The Morgan fingerprint density at radius 3 is 2.43 bits per heavy atom. The van der Waals surface area contributed by atoms with E-state index in [0.717, 1.165) is 13.0 Å². The second-order valence-electron chi connectivity index (χ2n) is 5.93. The van der Waals surface area contributed by atoms with Crippen LogP contribution in [0.3, 0.4) is 0 Å². The molecule has 0 saturated heterocycles. The SMILES string of the molecule is CCCn1c(N)c(NC(CN(C)C)C(C)C)c(=O)[nH]c1=O. The van der Waals surface area contributed by atoms with Gasteiger partial charge in [-0.1, -0.05) is 20.8 Å². The molecule has 0 bridgehead atoms. The Morgan fingerprint density at radius 1 is 1.33 bits per heavy atom. The highest BCUT2D eigenvalue weighted by Gasteiger charge is 2.19. The topological polar surface area (TPSA) is 96.2 Å². The van der Waals surface area contributed by atoms with Crippen LogP contribution in [0.1, 0.15) is 27.2 Å². The Hall–Kier alpha value is -1.76. The number of H-pyrrole nitrogens is 1. The first-order valence-corrected chi connectivity index (χ1v) is 7.31. The van der Waals surface area contributed by atoms with Crippen LogP contribution in [0, 0.1) is 5.92 Å². The molecule has 120 valence electrons. The zero-order valence-electron chi connectivity index (χ0n) is 13.6. The minimum atomic E-state index is -0.464. The first-order valence-electron chi connectivity index (χ1n) is 7.31. The minimum absolute atomic E-state index is 0.0657. The maximum absolute atomic E-state index is 12.0. The highest BCUT2D eigenvalue weighted by molar-refractivity contribution is 5.61. The largest absolute Gasteiger partial charge is 0.383 e. The third-order valence-corrected chi connectivity index (χ3v) is 3.38. The van der Waals surface area contributed by atoms with Crippen LogP contribution in [0.15, 0.2) is 9.59 Å². The van der Waals surface area contributed by atoms with Gasteiger partial charge in [-0.25, -0.2) is 4.79 Å². The summed E-state index contributed by atoms with van der Waals surface area (Å²) in [6, 6.07) is 0.0657. The van der Waals surface area contributed by atoms with E-state index in [1.54, 1.807) is 0 Å². The van der Waals surface area contributed by atoms with Gasteiger partial charge in [-0.15, -0.1) is 0 Å². The van der Waals surface area contributed by atoms with Crippen LogP contribution in [0.2, 0.25) is 0 Å². The van der Waals surface area contributed by atoms with Crippen LogP contribution in [0.25, 0.3) is 0 Å². The van der Waals surface area contributed by atoms with Crippen LogP contribution < -0.4 is 22.3 Å². The van der Waals surface area contributed by atoms with E-state index in [2.05, 4.69) is 24.1 Å². The summed E-state index contributed by atoms with van der Waals surface area (Å²) in [5.74, 6) is 0.521. The van der Waals surface area contributed by atoms with Crippen LogP contribution >= 0.6 is 0 Å². The highest BCUT2D eigenvalue weighted by Crippen LogP contribution is 2.15. The molecule has 1 atom stereocenters. The molecule has 1 aromatic heterocycles. The van der Waals surface area contributed by atoms with Crippen molar-refractivity contribution < 1.29 is 0 Å². The summed E-state index contributed by atoms with van der Waals surface area (Å²) in [6.07, 6.45) is 0.765. The van der Waals surface area contributed by atoms with Crippen molar-refractivity contribution in [2.75, 3.05) is 31.7 Å². The summed E-state index contributed by atoms with van der Waals surface area (Å²) in [5, 5.41) is 3.20. The summed E-state index contributed by atoms with van der Waals surface area (Å²) in [4.78, 5) is 28.2. The molecule has 1 unspecified atom stereocenters. The molecule has 7 heteroatoms. The van der Waals surface area contributed by atoms with Gasteiger partial charge in [0.25, 0.3) is 5.56 Å². The lowest BCUT2D eigenvalue weighted by molar-refractivity contribution is 0.344. The van der Waals surface area contributed by atoms with Crippen LogP contribution in [0.4, 0.5) is 11.5 Å². The molecule has 7 nitrogen and oxygen atoms in total. The molecule has 0 spiro atoms. The van der Waals surface area contributed by atoms with Gasteiger partial charge in [-0.05, 0) is 26.4 Å². The fourth-order valence-electron chi connectivity index (χ4n) is 2.17. The average Bonchev–Trinajstić information content (AvgIpc) is 2.37. The third-order valence-electron chi connectivity index (χ3n) is 3.38. The number of hydrogen-bond acceptors (Lipinski definition) is 5. The monoisotopic (exact) mass is 297 g/mol. The summed E-state index contributed by atoms with van der Waals surface area (Å²) in [6.45, 7) is 7.36. The van der Waals surface area contributed by atoms with E-state index in [-0.39, 0.29) is 17.5 Å². The van der Waals surface area contributed by atoms with Crippen molar-refractivity contribution in [3.8, 4) is 0 Å². The van der Waals surface area contributed by atoms with E-state index in [1.165, 1.54) is 4.57 Å². The van der Waals surface area contributed by atoms with Gasteiger partial charge in [0.2, 0.25) is 0 Å². The summed E-state index contributed by atoms with van der Waals surface area (Å²) in [5.41, 5.74) is 5.38. The normalized spacial score (nSPS) is 12.9.